The van der Waals surface area contributed by atoms with E-state index >= 15 is 0 Å². The van der Waals surface area contributed by atoms with E-state index in [4.69, 9.17) is 4.74 Å². The predicted molar refractivity (Wildman–Crippen MR) is 106 cm³/mol. The van der Waals surface area contributed by atoms with Crippen molar-refractivity contribution in [2.45, 2.75) is 26.9 Å². The predicted octanol–water partition coefficient (Wildman–Crippen LogP) is 4.14. The molecule has 0 aliphatic carbocycles. The molecular formula is C21H27N3O2. The highest BCUT2D eigenvalue weighted by Crippen LogP contribution is 2.29. The van der Waals surface area contributed by atoms with Crippen molar-refractivity contribution in [3.05, 3.63) is 54.1 Å². The van der Waals surface area contributed by atoms with Crippen molar-refractivity contribution in [1.82, 2.24) is 4.90 Å². The quantitative estimate of drug-likeness (QED) is 0.899. The summed E-state index contributed by atoms with van der Waals surface area (Å²) >= 11 is 0. The Labute approximate surface area is 155 Å². The fourth-order valence-corrected chi connectivity index (χ4v) is 3.15. The monoisotopic (exact) mass is 353 g/mol. The minimum Gasteiger partial charge on any atom is -0.489 e. The van der Waals surface area contributed by atoms with E-state index in [1.165, 1.54) is 0 Å². The molecule has 0 unspecified atom stereocenters. The molecule has 1 aliphatic heterocycles. The number of piperazine rings is 1. The molecule has 2 aromatic carbocycles. The van der Waals surface area contributed by atoms with Gasteiger partial charge in [-0.2, -0.15) is 0 Å². The average Bonchev–Trinajstić information content (AvgIpc) is 2.62. The summed E-state index contributed by atoms with van der Waals surface area (Å²) in [6.07, 6.45) is 0.137. The number of hydrogen-bond acceptors (Lipinski definition) is 3. The van der Waals surface area contributed by atoms with Crippen LogP contribution in [0, 0.1) is 6.92 Å². The van der Waals surface area contributed by atoms with Gasteiger partial charge in [0.2, 0.25) is 0 Å². The van der Waals surface area contributed by atoms with Crippen LogP contribution in [0.25, 0.3) is 0 Å². The molecule has 1 saturated heterocycles. The molecule has 0 atom stereocenters. The van der Waals surface area contributed by atoms with Gasteiger partial charge in [0.15, 0.2) is 0 Å². The number of benzene rings is 2. The Hall–Kier alpha value is -2.69. The second kappa shape index (κ2) is 8.13. The molecule has 5 heteroatoms. The zero-order valence-electron chi connectivity index (χ0n) is 15.7. The molecule has 0 radical (unpaired) electrons. The SMILES string of the molecule is Cc1cccc(NC(=O)N2CCN(c3ccccc3OC(C)C)CC2)c1. The molecule has 0 spiro atoms. The van der Waals surface area contributed by atoms with Crippen molar-refractivity contribution in [2.24, 2.45) is 0 Å². The van der Waals surface area contributed by atoms with Crippen LogP contribution in [-0.4, -0.2) is 43.2 Å². The molecule has 2 aromatic rings. The number of para-hydroxylation sites is 2. The third-order valence-corrected chi connectivity index (χ3v) is 4.40. The Kier molecular flexibility index (Phi) is 5.66. The summed E-state index contributed by atoms with van der Waals surface area (Å²) in [5.74, 6) is 0.903. The van der Waals surface area contributed by atoms with Crippen molar-refractivity contribution in [3.63, 3.8) is 0 Å². The Balaban J connectivity index is 1.60. The first-order chi connectivity index (χ1) is 12.5. The lowest BCUT2D eigenvalue weighted by Gasteiger charge is -2.36. The van der Waals surface area contributed by atoms with Gasteiger partial charge in [-0.3, -0.25) is 0 Å². The number of rotatable bonds is 4. The lowest BCUT2D eigenvalue weighted by molar-refractivity contribution is 0.207. The Bertz CT molecular complexity index is 752. The Morgan fingerprint density at radius 3 is 2.46 bits per heavy atom. The number of nitrogens with zero attached hydrogens (tertiary/aromatic N) is 2. The van der Waals surface area contributed by atoms with Crippen molar-refractivity contribution in [2.75, 3.05) is 36.4 Å². The summed E-state index contributed by atoms with van der Waals surface area (Å²) < 4.78 is 5.93. The van der Waals surface area contributed by atoms with E-state index in [0.29, 0.717) is 13.1 Å². The summed E-state index contributed by atoms with van der Waals surface area (Å²) in [6, 6.07) is 15.9. The molecule has 2 amide bonds. The zero-order chi connectivity index (χ0) is 18.5. The topological polar surface area (TPSA) is 44.8 Å². The standard InChI is InChI=1S/C21H27N3O2/c1-16(2)26-20-10-5-4-9-19(20)23-11-13-24(14-12-23)21(25)22-18-8-6-7-17(3)15-18/h4-10,15-16H,11-14H2,1-3H3,(H,22,25). The number of nitrogens with one attached hydrogen (secondary N) is 1. The van der Waals surface area contributed by atoms with Crippen LogP contribution in [0.3, 0.4) is 0 Å². The molecule has 138 valence electrons. The van der Waals surface area contributed by atoms with Crippen LogP contribution in [-0.2, 0) is 0 Å². The summed E-state index contributed by atoms with van der Waals surface area (Å²) in [7, 11) is 0. The number of hydrogen-bond donors (Lipinski definition) is 1. The maximum absolute atomic E-state index is 12.5. The minimum absolute atomic E-state index is 0.0398. The summed E-state index contributed by atoms with van der Waals surface area (Å²) in [6.45, 7) is 9.04. The normalized spacial score (nSPS) is 14.5. The zero-order valence-corrected chi connectivity index (χ0v) is 15.7. The summed E-state index contributed by atoms with van der Waals surface area (Å²) in [4.78, 5) is 16.7. The van der Waals surface area contributed by atoms with Crippen molar-refractivity contribution in [3.8, 4) is 5.75 Å². The summed E-state index contributed by atoms with van der Waals surface area (Å²) in [5.41, 5.74) is 3.07. The first kappa shape index (κ1) is 18.1. The van der Waals surface area contributed by atoms with Gasteiger partial charge in [-0.25, -0.2) is 4.79 Å². The number of urea groups is 1. The van der Waals surface area contributed by atoms with Gasteiger partial charge in [-0.1, -0.05) is 24.3 Å². The molecule has 1 aliphatic rings. The maximum atomic E-state index is 12.5. The highest BCUT2D eigenvalue weighted by molar-refractivity contribution is 5.89. The first-order valence-corrected chi connectivity index (χ1v) is 9.16. The van der Waals surface area contributed by atoms with Crippen LogP contribution >= 0.6 is 0 Å². The molecule has 0 saturated carbocycles. The van der Waals surface area contributed by atoms with Gasteiger partial charge in [0.05, 0.1) is 11.8 Å². The first-order valence-electron chi connectivity index (χ1n) is 9.16. The van der Waals surface area contributed by atoms with Crippen LogP contribution in [0.15, 0.2) is 48.5 Å². The smallest absolute Gasteiger partial charge is 0.321 e. The molecule has 1 fully saturated rings. The second-order valence-corrected chi connectivity index (χ2v) is 6.91. The summed E-state index contributed by atoms with van der Waals surface area (Å²) in [5, 5.41) is 2.99. The van der Waals surface area contributed by atoms with Crippen LogP contribution in [0.4, 0.5) is 16.2 Å². The minimum atomic E-state index is -0.0398. The molecule has 1 heterocycles. The van der Waals surface area contributed by atoms with E-state index in [1.54, 1.807) is 0 Å². The van der Waals surface area contributed by atoms with E-state index in [9.17, 15) is 4.79 Å². The largest absolute Gasteiger partial charge is 0.489 e. The van der Waals surface area contributed by atoms with Gasteiger partial charge in [-0.15, -0.1) is 0 Å². The Morgan fingerprint density at radius 2 is 1.77 bits per heavy atom. The molecule has 0 aromatic heterocycles. The molecular weight excluding hydrogens is 326 g/mol. The van der Waals surface area contributed by atoms with Crippen molar-refractivity contribution >= 4 is 17.4 Å². The highest BCUT2D eigenvalue weighted by atomic mass is 16.5. The third-order valence-electron chi connectivity index (χ3n) is 4.40. The molecule has 0 bridgehead atoms. The van der Waals surface area contributed by atoms with E-state index in [2.05, 4.69) is 16.3 Å². The average molecular weight is 353 g/mol. The third kappa shape index (κ3) is 4.48. The van der Waals surface area contributed by atoms with E-state index < -0.39 is 0 Å². The lowest BCUT2D eigenvalue weighted by Crippen LogP contribution is -2.50. The fraction of sp³-hybridized carbons (Fsp3) is 0.381. The van der Waals surface area contributed by atoms with Crippen molar-refractivity contribution < 1.29 is 9.53 Å². The van der Waals surface area contributed by atoms with Crippen LogP contribution in [0.5, 0.6) is 5.75 Å². The fourth-order valence-electron chi connectivity index (χ4n) is 3.15. The van der Waals surface area contributed by atoms with Gasteiger partial charge in [0.1, 0.15) is 5.75 Å². The van der Waals surface area contributed by atoms with Gasteiger partial charge in [-0.05, 0) is 50.6 Å². The number of anilines is 2. The highest BCUT2D eigenvalue weighted by Gasteiger charge is 2.23. The van der Waals surface area contributed by atoms with E-state index in [-0.39, 0.29) is 12.1 Å². The van der Waals surface area contributed by atoms with Crippen LogP contribution in [0.2, 0.25) is 0 Å². The molecule has 3 rings (SSSR count). The van der Waals surface area contributed by atoms with Gasteiger partial charge in [0.25, 0.3) is 0 Å². The number of amides is 2. The lowest BCUT2D eigenvalue weighted by atomic mass is 10.2. The van der Waals surface area contributed by atoms with E-state index in [1.807, 2.05) is 68.1 Å². The number of carbonyl (C=O) groups is 1. The van der Waals surface area contributed by atoms with Crippen LogP contribution in [0.1, 0.15) is 19.4 Å². The van der Waals surface area contributed by atoms with Crippen LogP contribution < -0.4 is 15.0 Å². The van der Waals surface area contributed by atoms with Gasteiger partial charge < -0.3 is 19.9 Å². The number of aryl methyl sites for hydroxylation is 1. The molecule has 1 N–H and O–H groups in total. The molecule has 26 heavy (non-hydrogen) atoms. The van der Waals surface area contributed by atoms with E-state index in [0.717, 1.165) is 35.8 Å². The number of ether oxygens (including phenoxy) is 1. The number of carbonyl (C=O) groups excluding carboxylic acids is 1. The van der Waals surface area contributed by atoms with Gasteiger partial charge in [0, 0.05) is 31.9 Å². The van der Waals surface area contributed by atoms with Gasteiger partial charge >= 0.3 is 6.03 Å². The maximum Gasteiger partial charge on any atom is 0.321 e. The van der Waals surface area contributed by atoms with Crippen molar-refractivity contribution in [1.29, 1.82) is 0 Å². The Morgan fingerprint density at radius 1 is 1.04 bits per heavy atom. The second-order valence-electron chi connectivity index (χ2n) is 6.91. The molecule has 5 nitrogen and oxygen atoms in total.